The Morgan fingerprint density at radius 2 is 1.72 bits per heavy atom. The zero-order chi connectivity index (χ0) is 25.1. The monoisotopic (exact) mass is 484 g/mol. The van der Waals surface area contributed by atoms with Crippen LogP contribution in [0.2, 0.25) is 0 Å². The zero-order valence-corrected chi connectivity index (χ0v) is 22.7. The molecule has 190 valence electrons. The van der Waals surface area contributed by atoms with Crippen LogP contribution < -0.4 is 4.74 Å². The van der Waals surface area contributed by atoms with Crippen molar-refractivity contribution in [3.63, 3.8) is 0 Å². The Morgan fingerprint density at radius 3 is 2.47 bits per heavy atom. The number of benzene rings is 3. The predicted molar refractivity (Wildman–Crippen MR) is 147 cm³/mol. The molecule has 0 N–H and O–H groups in total. The van der Waals surface area contributed by atoms with Crippen molar-refractivity contribution in [1.82, 2.24) is 0 Å². The van der Waals surface area contributed by atoms with E-state index in [1.165, 1.54) is 45.8 Å². The van der Waals surface area contributed by atoms with Gasteiger partial charge in [0, 0.05) is 23.3 Å². The molecule has 0 bridgehead atoms. The fourth-order valence-electron chi connectivity index (χ4n) is 9.05. The standard InChI is InChI=1S/C33H42NO2/c1-23(2)33(36-21-25-13-15-28(35-5)16-14-25)22-34(19-24(3)30-17-18-31(33)32(30,34)4)20-27-11-8-10-26-9-6-7-12-29(26)27/h6-16,23-24,30-31H,17-22H2,1-5H3/q+1/t24-,30+,31+,32-,33+,34-/m1/s1. The van der Waals surface area contributed by atoms with Crippen LogP contribution in [0, 0.1) is 23.7 Å². The molecule has 6 atom stereocenters. The first-order valence-electron chi connectivity index (χ1n) is 13.9. The largest absolute Gasteiger partial charge is 0.497 e. The Morgan fingerprint density at radius 1 is 0.972 bits per heavy atom. The molecule has 0 unspecified atom stereocenters. The molecule has 0 spiro atoms. The molecule has 2 aliphatic heterocycles. The van der Waals surface area contributed by atoms with E-state index in [-0.39, 0.29) is 11.1 Å². The third-order valence-corrected chi connectivity index (χ3v) is 10.7. The molecule has 0 aromatic heterocycles. The molecular formula is C33H42NO2+. The first kappa shape index (κ1) is 24.0. The molecule has 3 nitrogen and oxygen atoms in total. The van der Waals surface area contributed by atoms with E-state index in [0.29, 0.717) is 18.4 Å². The van der Waals surface area contributed by atoms with E-state index in [0.717, 1.165) is 30.7 Å². The second-order valence-electron chi connectivity index (χ2n) is 12.5. The van der Waals surface area contributed by atoms with Crippen LogP contribution >= 0.6 is 0 Å². The van der Waals surface area contributed by atoms with Crippen molar-refractivity contribution in [3.8, 4) is 5.75 Å². The quantitative estimate of drug-likeness (QED) is 0.330. The topological polar surface area (TPSA) is 18.5 Å². The highest BCUT2D eigenvalue weighted by molar-refractivity contribution is 5.85. The van der Waals surface area contributed by atoms with Crippen LogP contribution in [0.4, 0.5) is 0 Å². The number of fused-ring (bicyclic) bond motifs is 1. The van der Waals surface area contributed by atoms with Gasteiger partial charge in [-0.2, -0.15) is 0 Å². The highest BCUT2D eigenvalue weighted by Crippen LogP contribution is 2.67. The summed E-state index contributed by atoms with van der Waals surface area (Å²) >= 11 is 0. The third kappa shape index (κ3) is 3.32. The van der Waals surface area contributed by atoms with E-state index in [4.69, 9.17) is 9.47 Å². The smallest absolute Gasteiger partial charge is 0.128 e. The van der Waals surface area contributed by atoms with Crippen LogP contribution in [-0.4, -0.2) is 35.8 Å². The number of nitrogens with zero attached hydrogens (tertiary/aromatic N) is 1. The van der Waals surface area contributed by atoms with Crippen LogP contribution in [0.3, 0.4) is 0 Å². The number of hydrogen-bond donors (Lipinski definition) is 0. The SMILES string of the molecule is COc1ccc(CO[C@]2(C(C)C)C[N@+]3(Cc4cccc5ccccc45)C[C@@H](C)[C@@H]4CC[C@H]2[C@@]43C)cc1. The van der Waals surface area contributed by atoms with Crippen LogP contribution in [0.25, 0.3) is 10.8 Å². The number of quaternary nitrogens is 1. The van der Waals surface area contributed by atoms with Gasteiger partial charge in [0.15, 0.2) is 0 Å². The van der Waals surface area contributed by atoms with E-state index in [9.17, 15) is 0 Å². The van der Waals surface area contributed by atoms with Gasteiger partial charge in [-0.3, -0.25) is 0 Å². The number of rotatable bonds is 7. The average molecular weight is 485 g/mol. The molecule has 3 aliphatic rings. The average Bonchev–Trinajstić information content (AvgIpc) is 3.43. The number of methoxy groups -OCH3 is 1. The van der Waals surface area contributed by atoms with Crippen molar-refractivity contribution in [3.05, 3.63) is 77.9 Å². The molecular weight excluding hydrogens is 442 g/mol. The van der Waals surface area contributed by atoms with Crippen LogP contribution in [0.1, 0.15) is 51.7 Å². The molecule has 6 rings (SSSR count). The molecule has 36 heavy (non-hydrogen) atoms. The molecule has 3 aromatic carbocycles. The Bertz CT molecular complexity index is 1250. The maximum Gasteiger partial charge on any atom is 0.128 e. The lowest BCUT2D eigenvalue weighted by atomic mass is 9.72. The maximum absolute atomic E-state index is 7.17. The molecule has 0 radical (unpaired) electrons. The van der Waals surface area contributed by atoms with Gasteiger partial charge in [0.05, 0.1) is 20.3 Å². The highest BCUT2D eigenvalue weighted by atomic mass is 16.5. The Balaban J connectivity index is 1.40. The summed E-state index contributed by atoms with van der Waals surface area (Å²) in [5.74, 6) is 3.51. The Labute approximate surface area is 217 Å². The van der Waals surface area contributed by atoms with Crippen LogP contribution in [0.5, 0.6) is 5.75 Å². The summed E-state index contributed by atoms with van der Waals surface area (Å²) in [5, 5.41) is 2.78. The van der Waals surface area contributed by atoms with E-state index >= 15 is 0 Å². The van der Waals surface area contributed by atoms with Gasteiger partial charge in [-0.15, -0.1) is 0 Å². The molecule has 2 saturated heterocycles. The molecule has 2 heterocycles. The lowest BCUT2D eigenvalue weighted by Crippen LogP contribution is -2.57. The summed E-state index contributed by atoms with van der Waals surface area (Å²) in [6.07, 6.45) is 2.64. The number of ether oxygens (including phenoxy) is 2. The Kier molecular flexibility index (Phi) is 5.73. The Hall–Kier alpha value is -2.36. The van der Waals surface area contributed by atoms with Crippen molar-refractivity contribution in [1.29, 1.82) is 0 Å². The fourth-order valence-corrected chi connectivity index (χ4v) is 9.05. The maximum atomic E-state index is 7.17. The van der Waals surface area contributed by atoms with Gasteiger partial charge < -0.3 is 14.0 Å². The minimum Gasteiger partial charge on any atom is -0.497 e. The summed E-state index contributed by atoms with van der Waals surface area (Å²) in [7, 11) is 1.72. The first-order valence-corrected chi connectivity index (χ1v) is 13.9. The highest BCUT2D eigenvalue weighted by Gasteiger charge is 2.78. The van der Waals surface area contributed by atoms with Crippen molar-refractivity contribution < 1.29 is 14.0 Å². The van der Waals surface area contributed by atoms with Gasteiger partial charge >= 0.3 is 0 Å². The van der Waals surface area contributed by atoms with Crippen molar-refractivity contribution in [2.24, 2.45) is 23.7 Å². The molecule has 3 heteroatoms. The third-order valence-electron chi connectivity index (χ3n) is 10.7. The minimum absolute atomic E-state index is 0.103. The van der Waals surface area contributed by atoms with Gasteiger partial charge in [0.1, 0.15) is 30.0 Å². The van der Waals surface area contributed by atoms with E-state index in [2.05, 4.69) is 94.4 Å². The molecule has 1 saturated carbocycles. The lowest BCUT2D eigenvalue weighted by Gasteiger charge is -2.44. The zero-order valence-electron chi connectivity index (χ0n) is 22.7. The summed E-state index contributed by atoms with van der Waals surface area (Å²) in [4.78, 5) is 0. The molecule has 1 aliphatic carbocycles. The first-order chi connectivity index (χ1) is 17.3. The van der Waals surface area contributed by atoms with Gasteiger partial charge in [0.25, 0.3) is 0 Å². The number of hydrogen-bond acceptors (Lipinski definition) is 2. The second kappa shape index (κ2) is 8.60. The second-order valence-corrected chi connectivity index (χ2v) is 12.5. The van der Waals surface area contributed by atoms with Crippen molar-refractivity contribution in [2.75, 3.05) is 20.2 Å². The van der Waals surface area contributed by atoms with E-state index < -0.39 is 0 Å². The normalized spacial score (nSPS) is 35.0. The van der Waals surface area contributed by atoms with Gasteiger partial charge in [0.2, 0.25) is 0 Å². The molecule has 0 amide bonds. The van der Waals surface area contributed by atoms with Gasteiger partial charge in [-0.25, -0.2) is 0 Å². The van der Waals surface area contributed by atoms with E-state index in [1.54, 1.807) is 7.11 Å². The van der Waals surface area contributed by atoms with Gasteiger partial charge in [-0.05, 0) is 54.2 Å². The molecule has 3 aromatic rings. The summed E-state index contributed by atoms with van der Waals surface area (Å²) in [6.45, 7) is 14.1. The van der Waals surface area contributed by atoms with Gasteiger partial charge in [-0.1, -0.05) is 75.4 Å². The predicted octanol–water partition coefficient (Wildman–Crippen LogP) is 7.23. The van der Waals surface area contributed by atoms with Crippen molar-refractivity contribution in [2.45, 2.75) is 64.8 Å². The van der Waals surface area contributed by atoms with Crippen LogP contribution in [0.15, 0.2) is 66.7 Å². The summed E-state index contributed by atoms with van der Waals surface area (Å²) < 4.78 is 13.7. The van der Waals surface area contributed by atoms with E-state index in [1.807, 2.05) is 0 Å². The van der Waals surface area contributed by atoms with Crippen molar-refractivity contribution >= 4 is 10.8 Å². The minimum atomic E-state index is -0.103. The lowest BCUT2D eigenvalue weighted by molar-refractivity contribution is -0.968. The summed E-state index contributed by atoms with van der Waals surface area (Å²) in [5.41, 5.74) is 2.90. The molecule has 3 fully saturated rings. The fraction of sp³-hybridized carbons (Fsp3) is 0.515. The summed E-state index contributed by atoms with van der Waals surface area (Å²) in [6, 6.07) is 24.3. The van der Waals surface area contributed by atoms with Crippen LogP contribution in [-0.2, 0) is 17.9 Å².